The third-order valence-electron chi connectivity index (χ3n) is 1.70. The molecule has 0 unspecified atom stereocenters. The van der Waals surface area contributed by atoms with Crippen molar-refractivity contribution in [3.8, 4) is 24.7 Å². The van der Waals surface area contributed by atoms with E-state index in [1.807, 2.05) is 24.3 Å². The average molecular weight is 154 g/mol. The summed E-state index contributed by atoms with van der Waals surface area (Å²) in [6.45, 7) is 0. The zero-order valence-corrected chi connectivity index (χ0v) is 6.88. The van der Waals surface area contributed by atoms with E-state index in [0.717, 1.165) is 11.1 Å². The standard InChI is InChI=1S/C12H10/c1-3-7-11-9-5-6-10-12(11)8-4-2/h1-2,5-6,9-10H,7-8H2. The van der Waals surface area contributed by atoms with Crippen molar-refractivity contribution in [3.63, 3.8) is 0 Å². The van der Waals surface area contributed by atoms with Crippen LogP contribution in [0.15, 0.2) is 24.3 Å². The van der Waals surface area contributed by atoms with Crippen LogP contribution in [-0.4, -0.2) is 0 Å². The third-order valence-corrected chi connectivity index (χ3v) is 1.70. The van der Waals surface area contributed by atoms with Gasteiger partial charge < -0.3 is 0 Å². The van der Waals surface area contributed by atoms with Crippen LogP contribution in [0.1, 0.15) is 11.1 Å². The minimum atomic E-state index is 0.665. The Balaban J connectivity index is 2.95. The second-order valence-electron chi connectivity index (χ2n) is 2.53. The molecule has 0 fully saturated rings. The second kappa shape index (κ2) is 4.27. The van der Waals surface area contributed by atoms with Crippen molar-refractivity contribution in [2.75, 3.05) is 0 Å². The summed E-state index contributed by atoms with van der Waals surface area (Å²) < 4.78 is 0. The van der Waals surface area contributed by atoms with Gasteiger partial charge in [-0.2, -0.15) is 0 Å². The summed E-state index contributed by atoms with van der Waals surface area (Å²) in [6, 6.07) is 8.00. The van der Waals surface area contributed by atoms with Crippen molar-refractivity contribution >= 4 is 0 Å². The van der Waals surface area contributed by atoms with Crippen LogP contribution < -0.4 is 0 Å². The SMILES string of the molecule is C#CCc1ccccc1CC#C. The number of rotatable bonds is 2. The van der Waals surface area contributed by atoms with E-state index in [0.29, 0.717) is 12.8 Å². The molecule has 0 aliphatic carbocycles. The minimum Gasteiger partial charge on any atom is -0.120 e. The highest BCUT2D eigenvalue weighted by molar-refractivity contribution is 5.32. The summed E-state index contributed by atoms with van der Waals surface area (Å²) in [5.41, 5.74) is 2.33. The maximum absolute atomic E-state index is 5.22. The normalized spacial score (nSPS) is 8.50. The maximum atomic E-state index is 5.22. The molecule has 0 aromatic heterocycles. The summed E-state index contributed by atoms with van der Waals surface area (Å²) in [5.74, 6) is 5.23. The summed E-state index contributed by atoms with van der Waals surface area (Å²) in [6.07, 6.45) is 11.8. The molecule has 1 rings (SSSR count). The van der Waals surface area contributed by atoms with Gasteiger partial charge in [0.2, 0.25) is 0 Å². The van der Waals surface area contributed by atoms with Crippen LogP contribution in [0.25, 0.3) is 0 Å². The average Bonchev–Trinajstić information content (AvgIpc) is 2.09. The van der Waals surface area contributed by atoms with E-state index >= 15 is 0 Å². The van der Waals surface area contributed by atoms with Gasteiger partial charge >= 0.3 is 0 Å². The van der Waals surface area contributed by atoms with Gasteiger partial charge in [-0.15, -0.1) is 24.7 Å². The van der Waals surface area contributed by atoms with Crippen molar-refractivity contribution in [1.29, 1.82) is 0 Å². The molecule has 12 heavy (non-hydrogen) atoms. The molecule has 0 nitrogen and oxygen atoms in total. The van der Waals surface area contributed by atoms with Gasteiger partial charge in [-0.1, -0.05) is 24.3 Å². The smallest absolute Gasteiger partial charge is 0.0340 e. The van der Waals surface area contributed by atoms with E-state index < -0.39 is 0 Å². The monoisotopic (exact) mass is 154 g/mol. The van der Waals surface area contributed by atoms with Gasteiger partial charge in [0.05, 0.1) is 0 Å². The first-order valence-corrected chi connectivity index (χ1v) is 3.82. The Kier molecular flexibility index (Phi) is 3.00. The van der Waals surface area contributed by atoms with Crippen molar-refractivity contribution in [1.82, 2.24) is 0 Å². The molecule has 58 valence electrons. The highest BCUT2D eigenvalue weighted by atomic mass is 14.0. The molecule has 0 atom stereocenters. The molecule has 0 heteroatoms. The number of benzene rings is 1. The zero-order chi connectivity index (χ0) is 8.81. The number of hydrogen-bond donors (Lipinski definition) is 0. The molecule has 0 saturated carbocycles. The van der Waals surface area contributed by atoms with Crippen LogP contribution in [0.5, 0.6) is 0 Å². The number of hydrogen-bond acceptors (Lipinski definition) is 0. The van der Waals surface area contributed by atoms with E-state index in [-0.39, 0.29) is 0 Å². The predicted octanol–water partition coefficient (Wildman–Crippen LogP) is 2.04. The molecular weight excluding hydrogens is 144 g/mol. The molecular formula is C12H10. The van der Waals surface area contributed by atoms with E-state index in [4.69, 9.17) is 12.8 Å². The highest BCUT2D eigenvalue weighted by Crippen LogP contribution is 2.09. The lowest BCUT2D eigenvalue weighted by Gasteiger charge is -2.01. The molecule has 1 aromatic rings. The Hall–Kier alpha value is -1.66. The minimum absolute atomic E-state index is 0.665. The molecule has 0 bridgehead atoms. The topological polar surface area (TPSA) is 0 Å². The Morgan fingerprint density at radius 3 is 1.67 bits per heavy atom. The van der Waals surface area contributed by atoms with Gasteiger partial charge in [0.1, 0.15) is 0 Å². The fraction of sp³-hybridized carbons (Fsp3) is 0.167. The first kappa shape index (κ1) is 8.44. The fourth-order valence-electron chi connectivity index (χ4n) is 1.12. The predicted molar refractivity (Wildman–Crippen MR) is 51.5 cm³/mol. The van der Waals surface area contributed by atoms with Crippen LogP contribution in [0.4, 0.5) is 0 Å². The Labute approximate surface area is 73.6 Å². The van der Waals surface area contributed by atoms with Crippen molar-refractivity contribution in [3.05, 3.63) is 35.4 Å². The van der Waals surface area contributed by atoms with E-state index in [1.165, 1.54) is 0 Å². The molecule has 0 aliphatic heterocycles. The van der Waals surface area contributed by atoms with Gasteiger partial charge in [0.15, 0.2) is 0 Å². The van der Waals surface area contributed by atoms with Crippen molar-refractivity contribution in [2.45, 2.75) is 12.8 Å². The lowest BCUT2D eigenvalue weighted by Crippen LogP contribution is -1.90. The summed E-state index contributed by atoms with van der Waals surface area (Å²) in [4.78, 5) is 0. The first-order valence-electron chi connectivity index (χ1n) is 3.82. The molecule has 0 amide bonds. The molecule has 1 aromatic carbocycles. The van der Waals surface area contributed by atoms with Crippen LogP contribution in [0.3, 0.4) is 0 Å². The van der Waals surface area contributed by atoms with Crippen molar-refractivity contribution < 1.29 is 0 Å². The van der Waals surface area contributed by atoms with Crippen LogP contribution in [0.2, 0.25) is 0 Å². The summed E-state index contributed by atoms with van der Waals surface area (Å²) >= 11 is 0. The lowest BCUT2D eigenvalue weighted by atomic mass is 10.0. The lowest BCUT2D eigenvalue weighted by molar-refractivity contribution is 1.19. The molecule has 0 aliphatic rings. The Morgan fingerprint density at radius 2 is 1.33 bits per heavy atom. The van der Waals surface area contributed by atoms with E-state index in [9.17, 15) is 0 Å². The quantitative estimate of drug-likeness (QED) is 0.572. The van der Waals surface area contributed by atoms with Crippen molar-refractivity contribution in [2.24, 2.45) is 0 Å². The summed E-state index contributed by atoms with van der Waals surface area (Å²) in [5, 5.41) is 0. The number of terminal acetylenes is 2. The van der Waals surface area contributed by atoms with Gasteiger partial charge in [-0.05, 0) is 11.1 Å². The molecule has 0 radical (unpaired) electrons. The third kappa shape index (κ3) is 1.91. The molecule has 0 saturated heterocycles. The second-order valence-corrected chi connectivity index (χ2v) is 2.53. The van der Waals surface area contributed by atoms with Gasteiger partial charge in [-0.25, -0.2) is 0 Å². The summed E-state index contributed by atoms with van der Waals surface area (Å²) in [7, 11) is 0. The fourth-order valence-corrected chi connectivity index (χ4v) is 1.12. The molecule has 0 spiro atoms. The van der Waals surface area contributed by atoms with E-state index in [2.05, 4.69) is 11.8 Å². The van der Waals surface area contributed by atoms with E-state index in [1.54, 1.807) is 0 Å². The largest absolute Gasteiger partial charge is 0.120 e. The van der Waals surface area contributed by atoms with Gasteiger partial charge in [-0.3, -0.25) is 0 Å². The van der Waals surface area contributed by atoms with Crippen LogP contribution >= 0.6 is 0 Å². The van der Waals surface area contributed by atoms with Gasteiger partial charge in [0, 0.05) is 12.8 Å². The first-order chi connectivity index (χ1) is 5.88. The Bertz CT molecular complexity index is 299. The Morgan fingerprint density at radius 1 is 0.917 bits per heavy atom. The molecule has 0 N–H and O–H groups in total. The maximum Gasteiger partial charge on any atom is 0.0340 e. The van der Waals surface area contributed by atoms with Crippen LogP contribution in [0, 0.1) is 24.7 Å². The zero-order valence-electron chi connectivity index (χ0n) is 6.88. The highest BCUT2D eigenvalue weighted by Gasteiger charge is 1.96. The molecule has 0 heterocycles. The van der Waals surface area contributed by atoms with Crippen LogP contribution in [-0.2, 0) is 12.8 Å². The van der Waals surface area contributed by atoms with Gasteiger partial charge in [0.25, 0.3) is 0 Å².